The van der Waals surface area contributed by atoms with Gasteiger partial charge in [-0.05, 0) is 12.1 Å². The van der Waals surface area contributed by atoms with Crippen molar-refractivity contribution in [3.05, 3.63) is 68.7 Å². The number of hydrogen-bond donors (Lipinski definition) is 2. The molecule has 2 N–H and O–H groups in total. The van der Waals surface area contributed by atoms with Crippen LogP contribution in [0.2, 0.25) is 10.0 Å². The number of fused-ring (bicyclic) bond motifs is 1. The number of H-pyrrole nitrogens is 1. The fourth-order valence-corrected chi connectivity index (χ4v) is 3.13. The van der Waals surface area contributed by atoms with Gasteiger partial charge in [-0.3, -0.25) is 9.78 Å². The molecule has 9 nitrogen and oxygen atoms in total. The molecule has 0 bridgehead atoms. The lowest BCUT2D eigenvalue weighted by Gasteiger charge is -2.12. The number of aromatic nitrogens is 4. The Hall–Kier alpha value is -3.70. The number of aromatic amines is 1. The van der Waals surface area contributed by atoms with Gasteiger partial charge in [0, 0.05) is 6.07 Å². The predicted octanol–water partition coefficient (Wildman–Crippen LogP) is 4.54. The lowest BCUT2D eigenvalue weighted by Crippen LogP contribution is -2.16. The first-order valence-electron chi connectivity index (χ1n) is 8.24. The van der Waals surface area contributed by atoms with Crippen LogP contribution in [0.3, 0.4) is 0 Å². The zero-order valence-electron chi connectivity index (χ0n) is 14.9. The van der Waals surface area contributed by atoms with E-state index in [1.165, 1.54) is 18.2 Å². The molecular weight excluding hydrogens is 461 g/mol. The Balaban J connectivity index is 1.81. The number of nitrogens with one attached hydrogen (secondary N) is 1. The molecule has 31 heavy (non-hydrogen) atoms. The Bertz CT molecular complexity index is 1390. The number of rotatable bonds is 4. The monoisotopic (exact) mass is 468 g/mol. The van der Waals surface area contributed by atoms with Gasteiger partial charge in [0.1, 0.15) is 5.39 Å². The van der Waals surface area contributed by atoms with Crippen LogP contribution in [-0.4, -0.2) is 31.0 Å². The fourth-order valence-electron chi connectivity index (χ4n) is 2.66. The van der Waals surface area contributed by atoms with Crippen LogP contribution in [0.25, 0.3) is 16.9 Å². The van der Waals surface area contributed by atoms with Gasteiger partial charge < -0.3 is 14.6 Å². The molecule has 0 saturated heterocycles. The van der Waals surface area contributed by atoms with Gasteiger partial charge in [-0.1, -0.05) is 29.3 Å². The van der Waals surface area contributed by atoms with Crippen molar-refractivity contribution in [2.75, 3.05) is 0 Å². The second-order valence-electron chi connectivity index (χ2n) is 5.93. The molecule has 0 amide bonds. The molecule has 2 heterocycles. The summed E-state index contributed by atoms with van der Waals surface area (Å²) >= 11 is 11.9. The molecule has 0 aliphatic rings. The highest BCUT2D eigenvalue weighted by Crippen LogP contribution is 2.39. The third kappa shape index (κ3) is 3.88. The Morgan fingerprint density at radius 3 is 2.58 bits per heavy atom. The SMILES string of the molecule is O=C(O)Oc1cnn(-c2nc3cc(F)c(Oc4c(Cl)cccc4Cl)c(F)c3c(=O)[nH]2)c1. The smallest absolute Gasteiger partial charge is 0.449 e. The zero-order valence-corrected chi connectivity index (χ0v) is 16.4. The molecule has 4 rings (SSSR count). The maximum absolute atomic E-state index is 15.0. The molecule has 0 unspecified atom stereocenters. The van der Waals surface area contributed by atoms with Crippen molar-refractivity contribution in [2.24, 2.45) is 0 Å². The lowest BCUT2D eigenvalue weighted by atomic mass is 10.2. The predicted molar refractivity (Wildman–Crippen MR) is 105 cm³/mol. The third-order valence-electron chi connectivity index (χ3n) is 3.94. The van der Waals surface area contributed by atoms with Gasteiger partial charge in [0.15, 0.2) is 28.9 Å². The standard InChI is InChI=1S/C18H8Cl2F2N4O5/c19-8-2-1-3-9(20)14(8)31-15-10(21)4-11-12(13(15)22)16(27)25-17(24-11)26-6-7(5-23-26)30-18(28)29/h1-6H,(H,28,29)(H,24,25,27). The summed E-state index contributed by atoms with van der Waals surface area (Å²) in [7, 11) is 0. The fraction of sp³-hybridized carbons (Fsp3) is 0. The quantitative estimate of drug-likeness (QED) is 0.421. The van der Waals surface area contributed by atoms with Crippen LogP contribution in [0.4, 0.5) is 13.6 Å². The van der Waals surface area contributed by atoms with E-state index in [1.54, 1.807) is 0 Å². The molecule has 4 aromatic rings. The van der Waals surface area contributed by atoms with Gasteiger partial charge in [-0.2, -0.15) is 5.10 Å². The van der Waals surface area contributed by atoms with E-state index in [0.29, 0.717) is 0 Å². The number of carboxylic acid groups (broad SMARTS) is 1. The lowest BCUT2D eigenvalue weighted by molar-refractivity contribution is 0.144. The minimum absolute atomic E-state index is 0.00634. The number of para-hydroxylation sites is 1. The van der Waals surface area contributed by atoms with E-state index < -0.39 is 34.5 Å². The van der Waals surface area contributed by atoms with E-state index in [9.17, 15) is 14.0 Å². The number of benzene rings is 2. The van der Waals surface area contributed by atoms with Crippen LogP contribution in [0.15, 0.2) is 41.5 Å². The molecule has 0 aliphatic heterocycles. The van der Waals surface area contributed by atoms with Crippen molar-refractivity contribution in [2.45, 2.75) is 0 Å². The van der Waals surface area contributed by atoms with Gasteiger partial charge in [-0.15, -0.1) is 0 Å². The van der Waals surface area contributed by atoms with Crippen LogP contribution in [0.5, 0.6) is 17.2 Å². The Morgan fingerprint density at radius 2 is 1.90 bits per heavy atom. The van der Waals surface area contributed by atoms with Gasteiger partial charge in [0.25, 0.3) is 5.56 Å². The maximum Gasteiger partial charge on any atom is 0.511 e. The number of halogens is 4. The summed E-state index contributed by atoms with van der Waals surface area (Å²) in [6.07, 6.45) is 0.570. The van der Waals surface area contributed by atoms with E-state index in [2.05, 4.69) is 19.8 Å². The maximum atomic E-state index is 15.0. The summed E-state index contributed by atoms with van der Waals surface area (Å²) in [5.41, 5.74) is -1.31. The third-order valence-corrected chi connectivity index (χ3v) is 4.53. The normalized spacial score (nSPS) is 11.0. The molecule has 0 radical (unpaired) electrons. The molecule has 0 atom stereocenters. The highest BCUT2D eigenvalue weighted by Gasteiger charge is 2.22. The molecule has 0 saturated carbocycles. The van der Waals surface area contributed by atoms with Gasteiger partial charge in [0.05, 0.1) is 28.0 Å². The first-order valence-corrected chi connectivity index (χ1v) is 9.00. The summed E-state index contributed by atoms with van der Waals surface area (Å²) in [4.78, 5) is 29.3. The van der Waals surface area contributed by atoms with E-state index >= 15 is 4.39 Å². The number of nitrogens with zero attached hydrogens (tertiary/aromatic N) is 3. The second kappa shape index (κ2) is 7.85. The molecule has 0 fully saturated rings. The summed E-state index contributed by atoms with van der Waals surface area (Å²) < 4.78 is 40.3. The number of ether oxygens (including phenoxy) is 2. The number of hydrogen-bond acceptors (Lipinski definition) is 6. The van der Waals surface area contributed by atoms with Crippen molar-refractivity contribution in [1.29, 1.82) is 0 Å². The Labute approximate surface area is 180 Å². The van der Waals surface area contributed by atoms with Crippen molar-refractivity contribution in [1.82, 2.24) is 19.7 Å². The molecule has 2 aromatic heterocycles. The topological polar surface area (TPSA) is 119 Å². The van der Waals surface area contributed by atoms with E-state index in [1.807, 2.05) is 0 Å². The van der Waals surface area contributed by atoms with Gasteiger partial charge in [0.2, 0.25) is 5.95 Å². The summed E-state index contributed by atoms with van der Waals surface area (Å²) in [5, 5.41) is 11.8. The van der Waals surface area contributed by atoms with E-state index in [-0.39, 0.29) is 33.0 Å². The number of carbonyl (C=O) groups is 1. The largest absolute Gasteiger partial charge is 0.511 e. The van der Waals surface area contributed by atoms with E-state index in [0.717, 1.165) is 23.1 Å². The van der Waals surface area contributed by atoms with Crippen molar-refractivity contribution >= 4 is 40.3 Å². The van der Waals surface area contributed by atoms with Crippen LogP contribution in [0, 0.1) is 11.6 Å². The van der Waals surface area contributed by atoms with Crippen molar-refractivity contribution in [3.8, 4) is 23.2 Å². The first-order chi connectivity index (χ1) is 14.7. The van der Waals surface area contributed by atoms with Gasteiger partial charge in [-0.25, -0.2) is 23.2 Å². The highest BCUT2D eigenvalue weighted by atomic mass is 35.5. The van der Waals surface area contributed by atoms with Gasteiger partial charge >= 0.3 is 6.16 Å². The molecule has 158 valence electrons. The van der Waals surface area contributed by atoms with Crippen LogP contribution in [0.1, 0.15) is 0 Å². The zero-order chi connectivity index (χ0) is 22.3. The summed E-state index contributed by atoms with van der Waals surface area (Å²) in [5.74, 6) is -3.96. The molecule has 2 aromatic carbocycles. The summed E-state index contributed by atoms with van der Waals surface area (Å²) in [6.45, 7) is 0. The van der Waals surface area contributed by atoms with Crippen LogP contribution in [-0.2, 0) is 0 Å². The van der Waals surface area contributed by atoms with Crippen LogP contribution >= 0.6 is 23.2 Å². The van der Waals surface area contributed by atoms with Crippen LogP contribution < -0.4 is 15.0 Å². The van der Waals surface area contributed by atoms with E-state index in [4.69, 9.17) is 33.0 Å². The minimum Gasteiger partial charge on any atom is -0.449 e. The van der Waals surface area contributed by atoms with Crippen molar-refractivity contribution in [3.63, 3.8) is 0 Å². The average molecular weight is 469 g/mol. The summed E-state index contributed by atoms with van der Waals surface area (Å²) in [6, 6.07) is 5.12. The molecule has 0 spiro atoms. The Morgan fingerprint density at radius 1 is 1.19 bits per heavy atom. The van der Waals surface area contributed by atoms with Crippen molar-refractivity contribution < 1.29 is 28.2 Å². The second-order valence-corrected chi connectivity index (χ2v) is 6.74. The molecular formula is C18H8Cl2F2N4O5. The average Bonchev–Trinajstić information content (AvgIpc) is 3.14. The minimum atomic E-state index is -1.57. The highest BCUT2D eigenvalue weighted by molar-refractivity contribution is 6.37. The Kier molecular flexibility index (Phi) is 5.21. The molecule has 13 heteroatoms. The first kappa shape index (κ1) is 20.6. The molecule has 0 aliphatic carbocycles.